The lowest BCUT2D eigenvalue weighted by Gasteiger charge is -2.20. The molecule has 0 saturated carbocycles. The van der Waals surface area contributed by atoms with E-state index in [1.165, 1.54) is 24.5 Å². The fraction of sp³-hybridized carbons (Fsp3) is 0.100. The van der Waals surface area contributed by atoms with Gasteiger partial charge in [0.2, 0.25) is 0 Å². The van der Waals surface area contributed by atoms with Crippen molar-refractivity contribution in [2.24, 2.45) is 0 Å². The zero-order valence-corrected chi connectivity index (χ0v) is 13.8. The number of nitrogens with zero attached hydrogens (tertiary/aromatic N) is 1. The molecule has 1 unspecified atom stereocenters. The van der Waals surface area contributed by atoms with E-state index in [-0.39, 0.29) is 11.9 Å². The lowest BCUT2D eigenvalue weighted by atomic mass is 9.98. The predicted octanol–water partition coefficient (Wildman–Crippen LogP) is 2.85. The molecule has 3 aromatic rings. The molecular weight excluding hydrogens is 316 g/mol. The summed E-state index contributed by atoms with van der Waals surface area (Å²) in [5, 5.41) is 14.2. The molecule has 1 amide bonds. The third-order valence-electron chi connectivity index (χ3n) is 3.92. The highest BCUT2D eigenvalue weighted by Crippen LogP contribution is 2.24. The van der Waals surface area contributed by atoms with Gasteiger partial charge in [0, 0.05) is 12.1 Å². The number of ether oxygens (including phenoxy) is 1. The SMILES string of the molecule is COc1ccc(C(NC(=O)c2cc[n+]([O-])cc2)c2ccccc2)cc1. The van der Waals surface area contributed by atoms with Gasteiger partial charge in [0.05, 0.1) is 18.7 Å². The van der Waals surface area contributed by atoms with Gasteiger partial charge >= 0.3 is 0 Å². The maximum Gasteiger partial charge on any atom is 0.252 e. The van der Waals surface area contributed by atoms with Crippen LogP contribution in [0.3, 0.4) is 0 Å². The van der Waals surface area contributed by atoms with E-state index in [0.717, 1.165) is 16.9 Å². The standard InChI is InChI=1S/C20H18N2O3/c1-25-18-9-7-16(8-10-18)19(15-5-3-2-4-6-15)21-20(23)17-11-13-22(24)14-12-17/h2-14,19H,1H3,(H,21,23). The smallest absolute Gasteiger partial charge is 0.252 e. The zero-order valence-electron chi connectivity index (χ0n) is 13.8. The van der Waals surface area contributed by atoms with Gasteiger partial charge in [-0.05, 0) is 23.3 Å². The number of carbonyl (C=O) groups is 1. The molecule has 126 valence electrons. The molecule has 3 rings (SSSR count). The Hall–Kier alpha value is -3.34. The van der Waals surface area contributed by atoms with E-state index in [0.29, 0.717) is 10.3 Å². The molecule has 1 atom stereocenters. The first-order valence-corrected chi connectivity index (χ1v) is 7.86. The Morgan fingerprint density at radius 1 is 0.960 bits per heavy atom. The number of pyridine rings is 1. The minimum atomic E-state index is -0.306. The summed E-state index contributed by atoms with van der Waals surface area (Å²) in [7, 11) is 1.61. The number of hydrogen-bond acceptors (Lipinski definition) is 3. The first-order valence-electron chi connectivity index (χ1n) is 7.86. The Kier molecular flexibility index (Phi) is 4.95. The monoisotopic (exact) mass is 334 g/mol. The molecule has 2 aromatic carbocycles. The highest BCUT2D eigenvalue weighted by atomic mass is 16.5. The summed E-state index contributed by atoms with van der Waals surface area (Å²) in [4.78, 5) is 12.6. The Morgan fingerprint density at radius 2 is 1.56 bits per heavy atom. The van der Waals surface area contributed by atoms with Crippen LogP contribution in [0.25, 0.3) is 0 Å². The van der Waals surface area contributed by atoms with Gasteiger partial charge in [0.1, 0.15) is 5.75 Å². The van der Waals surface area contributed by atoms with E-state index in [1.807, 2.05) is 54.6 Å². The number of nitrogens with one attached hydrogen (secondary N) is 1. The Labute approximate surface area is 146 Å². The van der Waals surface area contributed by atoms with E-state index in [2.05, 4.69) is 5.32 Å². The van der Waals surface area contributed by atoms with Crippen molar-refractivity contribution >= 4 is 5.91 Å². The zero-order chi connectivity index (χ0) is 17.6. The molecule has 0 fully saturated rings. The molecule has 0 saturated heterocycles. The van der Waals surface area contributed by atoms with Crippen molar-refractivity contribution in [3.63, 3.8) is 0 Å². The summed E-state index contributed by atoms with van der Waals surface area (Å²) in [6.45, 7) is 0. The van der Waals surface area contributed by atoms with Crippen molar-refractivity contribution in [1.29, 1.82) is 0 Å². The molecular formula is C20H18N2O3. The fourth-order valence-electron chi connectivity index (χ4n) is 2.58. The van der Waals surface area contributed by atoms with Gasteiger partial charge in [-0.15, -0.1) is 0 Å². The van der Waals surface area contributed by atoms with Gasteiger partial charge in [-0.2, -0.15) is 4.73 Å². The highest BCUT2D eigenvalue weighted by molar-refractivity contribution is 5.94. The van der Waals surface area contributed by atoms with Gasteiger partial charge in [-0.3, -0.25) is 4.79 Å². The molecule has 1 aromatic heterocycles. The summed E-state index contributed by atoms with van der Waals surface area (Å²) < 4.78 is 5.84. The van der Waals surface area contributed by atoms with Gasteiger partial charge in [0.15, 0.2) is 12.4 Å². The van der Waals surface area contributed by atoms with Crippen LogP contribution in [0, 0.1) is 5.21 Å². The lowest BCUT2D eigenvalue weighted by Crippen LogP contribution is -2.31. The van der Waals surface area contributed by atoms with Crippen molar-refractivity contribution in [1.82, 2.24) is 5.32 Å². The van der Waals surface area contributed by atoms with E-state index in [9.17, 15) is 10.0 Å². The second kappa shape index (κ2) is 7.49. The molecule has 0 aliphatic heterocycles. The number of hydrogen-bond donors (Lipinski definition) is 1. The maximum atomic E-state index is 12.6. The summed E-state index contributed by atoms with van der Waals surface area (Å²) in [6, 6.07) is 20.0. The quantitative estimate of drug-likeness (QED) is 0.576. The van der Waals surface area contributed by atoms with Gasteiger partial charge in [-0.25, -0.2) is 0 Å². The molecule has 0 aliphatic rings. The average molecular weight is 334 g/mol. The van der Waals surface area contributed by atoms with Gasteiger partial charge in [0.25, 0.3) is 5.91 Å². The summed E-state index contributed by atoms with van der Waals surface area (Å²) in [5.41, 5.74) is 2.34. The van der Waals surface area contributed by atoms with E-state index in [1.54, 1.807) is 7.11 Å². The Morgan fingerprint density at radius 3 is 2.16 bits per heavy atom. The van der Waals surface area contributed by atoms with E-state index >= 15 is 0 Å². The van der Waals surface area contributed by atoms with Crippen LogP contribution in [-0.4, -0.2) is 13.0 Å². The number of amides is 1. The molecule has 1 heterocycles. The fourth-order valence-corrected chi connectivity index (χ4v) is 2.58. The topological polar surface area (TPSA) is 65.3 Å². The second-order valence-corrected chi connectivity index (χ2v) is 5.54. The minimum Gasteiger partial charge on any atom is -0.619 e. The first-order chi connectivity index (χ1) is 12.2. The first kappa shape index (κ1) is 16.5. The molecule has 0 bridgehead atoms. The molecule has 5 heteroatoms. The number of carbonyl (C=O) groups excluding carboxylic acids is 1. The number of methoxy groups -OCH3 is 1. The third-order valence-corrected chi connectivity index (χ3v) is 3.92. The van der Waals surface area contributed by atoms with Crippen LogP contribution in [0.15, 0.2) is 79.1 Å². The maximum absolute atomic E-state index is 12.6. The largest absolute Gasteiger partial charge is 0.619 e. The van der Waals surface area contributed by atoms with Crippen LogP contribution >= 0.6 is 0 Å². The van der Waals surface area contributed by atoms with Crippen molar-refractivity contribution in [3.05, 3.63) is 101 Å². The molecule has 25 heavy (non-hydrogen) atoms. The summed E-state index contributed by atoms with van der Waals surface area (Å²) >= 11 is 0. The lowest BCUT2D eigenvalue weighted by molar-refractivity contribution is -0.605. The van der Waals surface area contributed by atoms with E-state index in [4.69, 9.17) is 4.74 Å². The molecule has 5 nitrogen and oxygen atoms in total. The van der Waals surface area contributed by atoms with Crippen molar-refractivity contribution < 1.29 is 14.3 Å². The molecule has 0 radical (unpaired) electrons. The summed E-state index contributed by atoms with van der Waals surface area (Å²) in [5.74, 6) is 0.509. The van der Waals surface area contributed by atoms with Crippen LogP contribution in [0.4, 0.5) is 0 Å². The van der Waals surface area contributed by atoms with Crippen molar-refractivity contribution in [2.75, 3.05) is 7.11 Å². The van der Waals surface area contributed by atoms with Gasteiger partial charge in [-0.1, -0.05) is 42.5 Å². The number of benzene rings is 2. The number of rotatable bonds is 5. The van der Waals surface area contributed by atoms with Crippen LogP contribution in [-0.2, 0) is 0 Å². The number of aromatic nitrogens is 1. The minimum absolute atomic E-state index is 0.245. The van der Waals surface area contributed by atoms with Crippen molar-refractivity contribution in [3.8, 4) is 5.75 Å². The Balaban J connectivity index is 1.90. The van der Waals surface area contributed by atoms with E-state index < -0.39 is 0 Å². The molecule has 1 N–H and O–H groups in total. The highest BCUT2D eigenvalue weighted by Gasteiger charge is 2.18. The van der Waals surface area contributed by atoms with Crippen LogP contribution < -0.4 is 14.8 Å². The van der Waals surface area contributed by atoms with Crippen LogP contribution in [0.1, 0.15) is 27.5 Å². The Bertz CT molecular complexity index is 831. The predicted molar refractivity (Wildman–Crippen MR) is 94.1 cm³/mol. The second-order valence-electron chi connectivity index (χ2n) is 5.54. The third kappa shape index (κ3) is 3.95. The summed E-state index contributed by atoms with van der Waals surface area (Å²) in [6.07, 6.45) is 2.61. The normalized spacial score (nSPS) is 11.6. The molecule has 0 spiro atoms. The molecule has 0 aliphatic carbocycles. The van der Waals surface area contributed by atoms with Gasteiger partial charge < -0.3 is 15.3 Å². The van der Waals surface area contributed by atoms with Crippen LogP contribution in [0.5, 0.6) is 5.75 Å². The van der Waals surface area contributed by atoms with Crippen LogP contribution in [0.2, 0.25) is 0 Å². The average Bonchev–Trinajstić information content (AvgIpc) is 2.67. The van der Waals surface area contributed by atoms with Crippen molar-refractivity contribution in [2.45, 2.75) is 6.04 Å².